The molecule has 1 saturated carbocycles. The monoisotopic (exact) mass is 1480 g/mol. The minimum Gasteiger partial charge on any atom is -0.756 e. The summed E-state index contributed by atoms with van der Waals surface area (Å²) in [5, 5.41) is 109. The smallest absolute Gasteiger partial charge is 0.756 e. The molecule has 2 heterocycles. The Labute approximate surface area is 628 Å². The zero-order valence-electron chi connectivity index (χ0n) is 62.7. The van der Waals surface area contributed by atoms with Crippen molar-refractivity contribution in [2.75, 3.05) is 26.4 Å². The van der Waals surface area contributed by atoms with Gasteiger partial charge in [0, 0.05) is 19.3 Å². The summed E-state index contributed by atoms with van der Waals surface area (Å²) in [6.45, 7) is 3.08. The van der Waals surface area contributed by atoms with Gasteiger partial charge in [0.1, 0.15) is 86.0 Å². The van der Waals surface area contributed by atoms with E-state index in [1.165, 1.54) is 167 Å². The number of phosphoric acid groups is 1. The summed E-state index contributed by atoms with van der Waals surface area (Å²) in [6, 6.07) is 0. The fraction of sp³-hybridized carbons (Fsp3) is 0.960. The van der Waals surface area contributed by atoms with Crippen LogP contribution in [0.25, 0.3) is 0 Å². The Bertz CT molecular complexity index is 2070. The molecule has 2 aliphatic heterocycles. The number of aliphatic hydroxyl groups excluding tert-OH is 10. The van der Waals surface area contributed by atoms with Crippen molar-refractivity contribution in [2.45, 2.75) is 433 Å². The summed E-state index contributed by atoms with van der Waals surface area (Å²) in [5.74, 6) is -2.33. The molecule has 590 valence electrons. The number of carbonyl (C=O) groups is 3. The van der Waals surface area contributed by atoms with Crippen LogP contribution in [0, 0.1) is 0 Å². The maximum Gasteiger partial charge on any atom is 1.00 e. The standard InChI is InChI=1S/C75H141O24P.Na/c1-4-7-10-13-16-19-22-25-28-31-34-37-40-43-46-49-59(78)91-54-56(93-60(79)50-47-44-41-38-35-32-29-26-23-20-17-14-11-8-5-2)55-92-100(89,90)99-73-71(97-74-68(87)64(83)62(81)57(52-76)94-74)67(86)66(85)70(72(73)98-75-69(88)65(84)63(82)58(53-77)95-75)96-61(80)51-48-45-42-39-36-33-30-27-24-21-18-15-12-9-6-3;/h56-58,62-77,81-88H,4-55H2,1-3H3,(H,89,90);/q;+1/p-1/t56-,57-,58-,62-,63-,64+,65+,66+,67+,68+,69+,70-,71-,72-,73+,74-,75-;/m1./s1. The van der Waals surface area contributed by atoms with Crippen LogP contribution in [0.15, 0.2) is 0 Å². The van der Waals surface area contributed by atoms with Gasteiger partial charge in [0.2, 0.25) is 0 Å². The molecule has 10 N–H and O–H groups in total. The molecular formula is C75H140NaO24P. The molecule has 3 rings (SSSR count). The van der Waals surface area contributed by atoms with Crippen molar-refractivity contribution < 1.29 is 147 Å². The van der Waals surface area contributed by atoms with E-state index in [1.807, 2.05) is 0 Å². The Kier molecular flexibility index (Phi) is 56.9. The molecule has 26 heteroatoms. The van der Waals surface area contributed by atoms with Crippen LogP contribution < -0.4 is 34.5 Å². The van der Waals surface area contributed by atoms with Gasteiger partial charge in [-0.05, 0) is 19.3 Å². The zero-order valence-corrected chi connectivity index (χ0v) is 65.6. The summed E-state index contributed by atoms with van der Waals surface area (Å²) >= 11 is 0. The van der Waals surface area contributed by atoms with Crippen molar-refractivity contribution in [1.82, 2.24) is 0 Å². The van der Waals surface area contributed by atoms with Crippen molar-refractivity contribution in [2.24, 2.45) is 0 Å². The summed E-state index contributed by atoms with van der Waals surface area (Å²) in [5.41, 5.74) is 0. The summed E-state index contributed by atoms with van der Waals surface area (Å²) < 4.78 is 65.8. The molecule has 0 amide bonds. The predicted molar refractivity (Wildman–Crippen MR) is 377 cm³/mol. The first-order valence-corrected chi connectivity index (χ1v) is 41.3. The van der Waals surface area contributed by atoms with E-state index in [1.54, 1.807) is 0 Å². The van der Waals surface area contributed by atoms with Gasteiger partial charge in [0.05, 0.1) is 19.8 Å². The number of carbonyl (C=O) groups excluding carboxylic acids is 3. The van der Waals surface area contributed by atoms with Crippen LogP contribution in [0.1, 0.15) is 329 Å². The molecule has 0 aromatic rings. The second kappa shape index (κ2) is 59.9. The van der Waals surface area contributed by atoms with E-state index in [0.717, 1.165) is 96.3 Å². The fourth-order valence-electron chi connectivity index (χ4n) is 13.5. The number of phosphoric ester groups is 1. The van der Waals surface area contributed by atoms with Crippen LogP contribution in [-0.4, -0.2) is 200 Å². The molecule has 0 spiro atoms. The van der Waals surface area contributed by atoms with Crippen LogP contribution in [0.5, 0.6) is 0 Å². The number of ether oxygens (including phenoxy) is 7. The Hall–Kier alpha value is -1.04. The molecule has 0 radical (unpaired) electrons. The first-order valence-electron chi connectivity index (χ1n) is 39.8. The fourth-order valence-corrected chi connectivity index (χ4v) is 14.4. The molecule has 101 heavy (non-hydrogen) atoms. The van der Waals surface area contributed by atoms with Gasteiger partial charge in [-0.3, -0.25) is 18.9 Å². The number of aliphatic hydroxyl groups is 10. The average Bonchev–Trinajstić information content (AvgIpc) is 0.757. The van der Waals surface area contributed by atoms with Gasteiger partial charge < -0.3 is 98.2 Å². The van der Waals surface area contributed by atoms with Crippen molar-refractivity contribution >= 4 is 25.7 Å². The van der Waals surface area contributed by atoms with Crippen LogP contribution in [0.3, 0.4) is 0 Å². The molecule has 1 aliphatic carbocycles. The van der Waals surface area contributed by atoms with Crippen molar-refractivity contribution in [1.29, 1.82) is 0 Å². The van der Waals surface area contributed by atoms with E-state index in [2.05, 4.69) is 20.8 Å². The molecule has 2 saturated heterocycles. The van der Waals surface area contributed by atoms with E-state index in [-0.39, 0.29) is 48.8 Å². The third-order valence-corrected chi connectivity index (χ3v) is 20.9. The van der Waals surface area contributed by atoms with Crippen LogP contribution in [-0.2, 0) is 61.2 Å². The molecule has 0 aromatic carbocycles. The van der Waals surface area contributed by atoms with Crippen molar-refractivity contribution in [3.8, 4) is 0 Å². The number of unbranched alkanes of at least 4 members (excludes halogenated alkanes) is 42. The summed E-state index contributed by atoms with van der Waals surface area (Å²) in [6.07, 6.45) is 13.8. The largest absolute Gasteiger partial charge is 1.00 e. The van der Waals surface area contributed by atoms with Gasteiger partial charge in [-0.1, -0.05) is 290 Å². The number of hydrogen-bond donors (Lipinski definition) is 10. The third-order valence-electron chi connectivity index (χ3n) is 19.9. The molecule has 1 unspecified atom stereocenters. The molecule has 18 atom stereocenters. The van der Waals surface area contributed by atoms with E-state index in [0.29, 0.717) is 25.7 Å². The minimum atomic E-state index is -5.99. The predicted octanol–water partition coefficient (Wildman–Crippen LogP) is 8.12. The van der Waals surface area contributed by atoms with E-state index >= 15 is 0 Å². The maximum absolute atomic E-state index is 14.5. The molecular weight excluding hydrogens is 1340 g/mol. The van der Waals surface area contributed by atoms with Gasteiger partial charge in [0.15, 0.2) is 24.8 Å². The van der Waals surface area contributed by atoms with Gasteiger partial charge in [-0.2, -0.15) is 0 Å². The number of hydrogen-bond acceptors (Lipinski definition) is 24. The molecule has 3 fully saturated rings. The summed E-state index contributed by atoms with van der Waals surface area (Å²) in [7, 11) is -5.99. The molecule has 0 bridgehead atoms. The van der Waals surface area contributed by atoms with Gasteiger partial charge in [-0.25, -0.2) is 0 Å². The Morgan fingerprint density at radius 2 is 0.663 bits per heavy atom. The molecule has 0 aromatic heterocycles. The van der Waals surface area contributed by atoms with Crippen LogP contribution >= 0.6 is 7.82 Å². The Balaban J connectivity index is 0.0000347. The topological polar surface area (TPSA) is 377 Å². The Morgan fingerprint density at radius 1 is 0.366 bits per heavy atom. The number of rotatable bonds is 63. The van der Waals surface area contributed by atoms with Gasteiger partial charge in [0.25, 0.3) is 7.82 Å². The van der Waals surface area contributed by atoms with Crippen LogP contribution in [0.2, 0.25) is 0 Å². The van der Waals surface area contributed by atoms with Gasteiger partial charge >= 0.3 is 47.5 Å². The van der Waals surface area contributed by atoms with Crippen LogP contribution in [0.4, 0.5) is 0 Å². The minimum absolute atomic E-state index is 0. The summed E-state index contributed by atoms with van der Waals surface area (Å²) in [4.78, 5) is 55.1. The van der Waals surface area contributed by atoms with E-state index < -0.39 is 156 Å². The van der Waals surface area contributed by atoms with E-state index in [4.69, 9.17) is 42.2 Å². The molecule has 24 nitrogen and oxygen atoms in total. The molecule has 3 aliphatic rings. The number of esters is 3. The maximum atomic E-state index is 14.5. The first-order chi connectivity index (χ1) is 48.3. The first kappa shape index (κ1) is 96.0. The third kappa shape index (κ3) is 41.4. The van der Waals surface area contributed by atoms with Crippen molar-refractivity contribution in [3.05, 3.63) is 0 Å². The van der Waals surface area contributed by atoms with Gasteiger partial charge in [-0.15, -0.1) is 0 Å². The van der Waals surface area contributed by atoms with E-state index in [9.17, 15) is 74.9 Å². The second-order valence-corrected chi connectivity index (χ2v) is 30.1. The average molecular weight is 1480 g/mol. The zero-order chi connectivity index (χ0) is 73.2. The van der Waals surface area contributed by atoms with Crippen molar-refractivity contribution in [3.63, 3.8) is 0 Å². The second-order valence-electron chi connectivity index (χ2n) is 28.7. The normalized spacial score (nSPS) is 27.0. The quantitative estimate of drug-likeness (QED) is 0.00903. The SMILES string of the molecule is CCCCCCCCCCCCCCCCCC(=O)OC[C@H](COP(=O)([O-])O[C@@H]1[C@H](O[C@H]2O[C@H](CO)[C@@H](O)[C@H](O)[C@@H]2O)[C@H](OC(=O)CCCCCCCCCCCCCCCCC)[C@@H](O)[C@H](O)[C@H]1O[C@H]1O[C@H](CO)[C@@H](O)[C@H](O)[C@@H]1O)OC(=O)CCCCCCCCCCCCCCCCC.[Na+]. The Morgan fingerprint density at radius 3 is 1.00 bits per heavy atom.